The van der Waals surface area contributed by atoms with Gasteiger partial charge < -0.3 is 25.6 Å². The molecule has 1 aliphatic carbocycles. The van der Waals surface area contributed by atoms with Gasteiger partial charge in [-0.25, -0.2) is 4.79 Å². The van der Waals surface area contributed by atoms with Crippen molar-refractivity contribution in [2.24, 2.45) is 23.2 Å². The first-order valence-electron chi connectivity index (χ1n) is 13.2. The van der Waals surface area contributed by atoms with E-state index >= 15 is 0 Å². The molecule has 5 atom stereocenters. The Morgan fingerprint density at radius 1 is 1.08 bits per heavy atom. The average molecular weight is 533 g/mol. The van der Waals surface area contributed by atoms with E-state index in [4.69, 9.17) is 4.74 Å². The number of carbonyl (C=O) groups excluding carboxylic acids is 5. The van der Waals surface area contributed by atoms with Crippen LogP contribution in [0.2, 0.25) is 0 Å². The molecule has 2 aliphatic rings. The number of amides is 4. The fourth-order valence-electron chi connectivity index (χ4n) is 5.16. The van der Waals surface area contributed by atoms with E-state index in [1.165, 1.54) is 11.0 Å². The molecule has 0 radical (unpaired) electrons. The molecule has 1 heterocycles. The van der Waals surface area contributed by atoms with Crippen LogP contribution in [-0.2, 0) is 23.9 Å². The zero-order valence-corrected chi connectivity index (χ0v) is 23.8. The number of hydrogen-bond acceptors (Lipinski definition) is 6. The Morgan fingerprint density at radius 2 is 1.71 bits per heavy atom. The van der Waals surface area contributed by atoms with Crippen molar-refractivity contribution in [3.63, 3.8) is 0 Å². The van der Waals surface area contributed by atoms with Gasteiger partial charge in [0.05, 0.1) is 6.04 Å². The van der Waals surface area contributed by atoms with Crippen molar-refractivity contribution in [2.45, 2.75) is 85.0 Å². The molecule has 2 rings (SSSR count). The monoisotopic (exact) mass is 532 g/mol. The normalized spacial score (nSPS) is 22.9. The third-order valence-electron chi connectivity index (χ3n) is 7.29. The van der Waals surface area contributed by atoms with E-state index in [1.54, 1.807) is 26.8 Å². The van der Waals surface area contributed by atoms with Crippen LogP contribution in [0.15, 0.2) is 25.3 Å². The first kappa shape index (κ1) is 31.1. The van der Waals surface area contributed by atoms with Crippen LogP contribution in [0, 0.1) is 23.2 Å². The van der Waals surface area contributed by atoms with Crippen LogP contribution in [0.1, 0.15) is 61.3 Å². The molecule has 212 valence electrons. The average Bonchev–Trinajstić information content (AvgIpc) is 3.15. The first-order chi connectivity index (χ1) is 17.6. The maximum atomic E-state index is 13.7. The topological polar surface area (TPSA) is 134 Å². The predicted octanol–water partition coefficient (Wildman–Crippen LogP) is 2.34. The number of alkyl carbamates (subject to hydrolysis) is 1. The Morgan fingerprint density at radius 3 is 2.24 bits per heavy atom. The van der Waals surface area contributed by atoms with Crippen molar-refractivity contribution < 1.29 is 28.7 Å². The lowest BCUT2D eigenvalue weighted by Gasteiger charge is -2.35. The minimum absolute atomic E-state index is 0.106. The van der Waals surface area contributed by atoms with Crippen molar-refractivity contribution in [3.05, 3.63) is 25.3 Å². The molecule has 10 nitrogen and oxygen atoms in total. The lowest BCUT2D eigenvalue weighted by molar-refractivity contribution is -0.144. The smallest absolute Gasteiger partial charge is 0.408 e. The van der Waals surface area contributed by atoms with E-state index in [2.05, 4.69) is 29.1 Å². The molecule has 38 heavy (non-hydrogen) atoms. The largest absolute Gasteiger partial charge is 0.444 e. The van der Waals surface area contributed by atoms with Gasteiger partial charge in [-0.1, -0.05) is 39.8 Å². The van der Waals surface area contributed by atoms with Gasteiger partial charge in [-0.2, -0.15) is 0 Å². The van der Waals surface area contributed by atoms with Gasteiger partial charge in [0.1, 0.15) is 17.7 Å². The highest BCUT2D eigenvalue weighted by molar-refractivity contribution is 6.38. The number of likely N-dealkylation sites (tertiary alicyclic amines) is 1. The number of hydrogen-bond donors (Lipinski definition) is 3. The second kappa shape index (κ2) is 12.1. The summed E-state index contributed by atoms with van der Waals surface area (Å²) >= 11 is 0. The molecular weight excluding hydrogens is 488 g/mol. The molecule has 0 aromatic rings. The third kappa shape index (κ3) is 7.23. The SMILES string of the molecule is C=CCC[C@H](NC(=O)[C@@H]1[C@@H]2[C@H](CN1C(=O)[C@@H](NC(=O)OC(C)(C)C)C(C)C)C2(C)C)C(=O)C(=O)NCC=C. The molecule has 10 heteroatoms. The number of piperidine rings is 1. The van der Waals surface area contributed by atoms with Gasteiger partial charge in [0, 0.05) is 13.1 Å². The van der Waals surface area contributed by atoms with E-state index in [9.17, 15) is 24.0 Å². The number of allylic oxidation sites excluding steroid dienone is 1. The molecule has 0 aromatic carbocycles. The zero-order valence-electron chi connectivity index (χ0n) is 23.8. The van der Waals surface area contributed by atoms with Gasteiger partial charge in [-0.05, 0) is 56.8 Å². The number of ether oxygens (including phenoxy) is 1. The molecule has 1 aliphatic heterocycles. The Kier molecular flexibility index (Phi) is 9.91. The molecular formula is C28H44N4O6. The van der Waals surface area contributed by atoms with Crippen molar-refractivity contribution in [1.82, 2.24) is 20.9 Å². The summed E-state index contributed by atoms with van der Waals surface area (Å²) in [6.45, 7) is 20.6. The van der Waals surface area contributed by atoms with Crippen molar-refractivity contribution in [2.75, 3.05) is 13.1 Å². The first-order valence-corrected chi connectivity index (χ1v) is 13.2. The van der Waals surface area contributed by atoms with Gasteiger partial charge in [0.25, 0.3) is 5.91 Å². The molecule has 0 bridgehead atoms. The highest BCUT2D eigenvalue weighted by Gasteiger charge is 2.69. The van der Waals surface area contributed by atoms with Crippen LogP contribution in [-0.4, -0.2) is 71.3 Å². The summed E-state index contributed by atoms with van der Waals surface area (Å²) in [7, 11) is 0. The summed E-state index contributed by atoms with van der Waals surface area (Å²) < 4.78 is 5.35. The van der Waals surface area contributed by atoms with Gasteiger partial charge in [0.15, 0.2) is 0 Å². The number of Topliss-reactive ketones (excluding diaryl/α,β-unsaturated/α-hetero) is 1. The van der Waals surface area contributed by atoms with Crippen molar-refractivity contribution in [3.8, 4) is 0 Å². The van der Waals surface area contributed by atoms with Crippen LogP contribution >= 0.6 is 0 Å². The van der Waals surface area contributed by atoms with Crippen LogP contribution < -0.4 is 16.0 Å². The number of rotatable bonds is 12. The molecule has 3 N–H and O–H groups in total. The van der Waals surface area contributed by atoms with E-state index in [0.29, 0.717) is 13.0 Å². The Bertz CT molecular complexity index is 967. The van der Waals surface area contributed by atoms with E-state index in [1.807, 2.05) is 27.7 Å². The number of carbonyl (C=O) groups is 5. The quantitative estimate of drug-likeness (QED) is 0.261. The van der Waals surface area contributed by atoms with Crippen molar-refractivity contribution in [1.29, 1.82) is 0 Å². The maximum Gasteiger partial charge on any atom is 0.408 e. The molecule has 4 amide bonds. The number of nitrogens with zero attached hydrogens (tertiary/aromatic N) is 1. The van der Waals surface area contributed by atoms with E-state index in [0.717, 1.165) is 0 Å². The molecule has 0 aromatic heterocycles. The van der Waals surface area contributed by atoms with Gasteiger partial charge >= 0.3 is 6.09 Å². The number of nitrogens with one attached hydrogen (secondary N) is 3. The van der Waals surface area contributed by atoms with Crippen LogP contribution in [0.3, 0.4) is 0 Å². The van der Waals surface area contributed by atoms with Crippen LogP contribution in [0.25, 0.3) is 0 Å². The maximum absolute atomic E-state index is 13.7. The van der Waals surface area contributed by atoms with Gasteiger partial charge in [0.2, 0.25) is 17.6 Å². The summed E-state index contributed by atoms with van der Waals surface area (Å²) in [5, 5.41) is 7.86. The third-order valence-corrected chi connectivity index (χ3v) is 7.29. The molecule has 1 saturated carbocycles. The Balaban J connectivity index is 2.27. The number of fused-ring (bicyclic) bond motifs is 1. The van der Waals surface area contributed by atoms with Gasteiger partial charge in [-0.3, -0.25) is 19.2 Å². The standard InChI is InChI=1S/C28H44N4O6/c1-10-12-13-18(22(33)24(35)29-14-11-2)30-23(34)21-19-17(28(19,8)9)15-32(21)25(36)20(16(3)4)31-26(37)38-27(5,6)7/h10-11,16-21H,1-2,12-15H2,3-9H3,(H,29,35)(H,30,34)(H,31,37)/t17-,18-,19-,20-,21-/m0/s1. The molecule has 0 unspecified atom stereocenters. The summed E-state index contributed by atoms with van der Waals surface area (Å²) in [5.41, 5.74) is -0.895. The molecule has 2 fully saturated rings. The fraction of sp³-hybridized carbons (Fsp3) is 0.679. The zero-order chi connectivity index (χ0) is 29.0. The van der Waals surface area contributed by atoms with Crippen LogP contribution in [0.5, 0.6) is 0 Å². The Labute approximate surface area is 226 Å². The summed E-state index contributed by atoms with van der Waals surface area (Å²) in [6, 6.07) is -2.80. The van der Waals surface area contributed by atoms with E-state index in [-0.39, 0.29) is 42.0 Å². The summed E-state index contributed by atoms with van der Waals surface area (Å²) in [4.78, 5) is 66.5. The van der Waals surface area contributed by atoms with Crippen molar-refractivity contribution >= 4 is 29.6 Å². The fourth-order valence-corrected chi connectivity index (χ4v) is 5.16. The van der Waals surface area contributed by atoms with E-state index < -0.39 is 47.4 Å². The predicted molar refractivity (Wildman–Crippen MR) is 144 cm³/mol. The lowest BCUT2D eigenvalue weighted by atomic mass is 9.96. The van der Waals surface area contributed by atoms with Crippen LogP contribution in [0.4, 0.5) is 4.79 Å². The minimum Gasteiger partial charge on any atom is -0.444 e. The second-order valence-corrected chi connectivity index (χ2v) is 12.0. The highest BCUT2D eigenvalue weighted by Crippen LogP contribution is 2.65. The molecule has 0 spiro atoms. The second-order valence-electron chi connectivity index (χ2n) is 12.0. The minimum atomic E-state index is -1.07. The Hall–Kier alpha value is -3.17. The highest BCUT2D eigenvalue weighted by atomic mass is 16.6. The molecule has 1 saturated heterocycles. The number of ketones is 1. The summed E-state index contributed by atoms with van der Waals surface area (Å²) in [5.74, 6) is -2.72. The van der Waals surface area contributed by atoms with Gasteiger partial charge in [-0.15, -0.1) is 13.2 Å². The summed E-state index contributed by atoms with van der Waals surface area (Å²) in [6.07, 6.45) is 2.95. The lowest BCUT2D eigenvalue weighted by Crippen LogP contribution is -2.59.